The van der Waals surface area contributed by atoms with E-state index < -0.39 is 6.29 Å². The number of rotatable bonds is 5. The molecule has 2 aliphatic heterocycles. The van der Waals surface area contributed by atoms with Crippen LogP contribution in [0.15, 0.2) is 198 Å². The highest BCUT2D eigenvalue weighted by atomic mass is 32.1. The highest BCUT2D eigenvalue weighted by Crippen LogP contribution is 2.48. The molecule has 0 amide bonds. The quantitative estimate of drug-likeness (QED) is 0.190. The van der Waals surface area contributed by atoms with Crippen molar-refractivity contribution in [1.82, 2.24) is 4.98 Å². The molecular weight excluding hydrogens is 727 g/mol. The second-order valence-corrected chi connectivity index (χ2v) is 16.0. The predicted octanol–water partition coefficient (Wildman–Crippen LogP) is 13.2. The van der Waals surface area contributed by atoms with Gasteiger partial charge in [-0.3, -0.25) is 9.88 Å². The van der Waals surface area contributed by atoms with Crippen LogP contribution in [0.5, 0.6) is 0 Å². The molecule has 1 N–H and O–H groups in total. The number of benzene rings is 8. The summed E-state index contributed by atoms with van der Waals surface area (Å²) in [5, 5.41) is 11.0. The first kappa shape index (κ1) is 32.8. The predicted molar refractivity (Wildman–Crippen MR) is 244 cm³/mol. The number of anilines is 2. The minimum atomic E-state index is -0.414. The van der Waals surface area contributed by atoms with Crippen molar-refractivity contribution >= 4 is 76.1 Å². The van der Waals surface area contributed by atoms with Gasteiger partial charge in [0.05, 0.1) is 11.4 Å². The number of aromatic nitrogens is 1. The van der Waals surface area contributed by atoms with Gasteiger partial charge in [0.15, 0.2) is 5.84 Å². The zero-order valence-electron chi connectivity index (χ0n) is 31.2. The molecule has 58 heavy (non-hydrogen) atoms. The molecule has 6 heteroatoms. The molecule has 8 aromatic carbocycles. The Kier molecular flexibility index (Phi) is 7.40. The van der Waals surface area contributed by atoms with Crippen LogP contribution in [-0.4, -0.2) is 22.9 Å². The lowest BCUT2D eigenvalue weighted by Crippen LogP contribution is -2.43. The zero-order chi connectivity index (χ0) is 38.2. The molecule has 272 valence electrons. The van der Waals surface area contributed by atoms with E-state index in [2.05, 4.69) is 191 Å². The van der Waals surface area contributed by atoms with Gasteiger partial charge in [0.25, 0.3) is 0 Å². The Morgan fingerprint density at radius 2 is 1.09 bits per heavy atom. The standard InChI is InChI=1S/C52H33N5S/c1-2-10-35(11-3-1)43-30-38(37-21-23-48-45(29-37)44-28-36(20-22-47(44)58-48)32-24-26-53-27-25-32)31-46-49(43)54-52-56-50(41-18-8-14-33-12-4-6-16-39(33)41)55-51(57(46)52)42-19-9-15-34-13-5-7-17-40(34)42/h1-31,52,54H. The number of nitrogens with zero attached hydrogens (tertiary/aromatic N) is 4. The van der Waals surface area contributed by atoms with Crippen LogP contribution in [0.25, 0.3) is 75.1 Å². The van der Waals surface area contributed by atoms with Gasteiger partial charge in [-0.25, -0.2) is 9.98 Å². The summed E-state index contributed by atoms with van der Waals surface area (Å²) in [6.45, 7) is 0. The van der Waals surface area contributed by atoms with Crippen molar-refractivity contribution in [2.75, 3.05) is 10.2 Å². The van der Waals surface area contributed by atoms with Crippen LogP contribution in [-0.2, 0) is 0 Å². The van der Waals surface area contributed by atoms with Crippen molar-refractivity contribution < 1.29 is 0 Å². The topological polar surface area (TPSA) is 52.9 Å². The molecule has 0 saturated carbocycles. The van der Waals surface area contributed by atoms with E-state index in [1.165, 1.54) is 31.1 Å². The van der Waals surface area contributed by atoms with E-state index in [1.54, 1.807) is 0 Å². The smallest absolute Gasteiger partial charge is 0.204 e. The summed E-state index contributed by atoms with van der Waals surface area (Å²) < 4.78 is 2.55. The number of nitrogens with one attached hydrogen (secondary N) is 1. The van der Waals surface area contributed by atoms with Crippen molar-refractivity contribution in [2.24, 2.45) is 9.98 Å². The average molecular weight is 760 g/mol. The van der Waals surface area contributed by atoms with Crippen molar-refractivity contribution in [1.29, 1.82) is 0 Å². The van der Waals surface area contributed by atoms with Crippen molar-refractivity contribution in [3.8, 4) is 33.4 Å². The number of thiophene rings is 1. The van der Waals surface area contributed by atoms with Gasteiger partial charge in [0.1, 0.15) is 5.84 Å². The number of aliphatic imine (C=N–C) groups is 2. The normalized spacial score (nSPS) is 14.7. The highest BCUT2D eigenvalue weighted by molar-refractivity contribution is 7.25. The molecule has 0 saturated heterocycles. The molecule has 0 aliphatic carbocycles. The van der Waals surface area contributed by atoms with Crippen molar-refractivity contribution in [3.05, 3.63) is 199 Å². The molecule has 12 rings (SSSR count). The fourth-order valence-corrected chi connectivity index (χ4v) is 9.83. The molecule has 10 aromatic rings. The maximum Gasteiger partial charge on any atom is 0.204 e. The summed E-state index contributed by atoms with van der Waals surface area (Å²) in [6.07, 6.45) is 3.30. The maximum atomic E-state index is 5.52. The van der Waals surface area contributed by atoms with Crippen molar-refractivity contribution in [3.63, 3.8) is 0 Å². The molecule has 0 spiro atoms. The van der Waals surface area contributed by atoms with Gasteiger partial charge in [-0.1, -0.05) is 127 Å². The second-order valence-electron chi connectivity index (χ2n) is 14.9. The summed E-state index contributed by atoms with van der Waals surface area (Å²) in [7, 11) is 0. The maximum absolute atomic E-state index is 5.52. The Labute approximate surface area is 338 Å². The molecule has 4 heterocycles. The molecule has 2 aliphatic rings. The number of hydrogen-bond donors (Lipinski definition) is 1. The Bertz CT molecular complexity index is 3320. The summed E-state index contributed by atoms with van der Waals surface area (Å²) >= 11 is 1.84. The Hall–Kier alpha value is -7.41. The van der Waals surface area contributed by atoms with Crippen LogP contribution < -0.4 is 10.2 Å². The molecule has 0 bridgehead atoms. The molecular formula is C52H33N5S. The SMILES string of the molecule is c1ccc(-c2cc(-c3ccc4sc5ccc(-c6ccncc6)cc5c4c3)cc3c2NC2N=C(c4cccc5ccccc45)N=C(c4cccc5ccccc45)N32)cc1. The van der Waals surface area contributed by atoms with Gasteiger partial charge in [-0.2, -0.15) is 0 Å². The van der Waals surface area contributed by atoms with Gasteiger partial charge in [0.2, 0.25) is 6.29 Å². The third-order valence-corrected chi connectivity index (χ3v) is 12.7. The average Bonchev–Trinajstić information content (AvgIpc) is 3.86. The van der Waals surface area contributed by atoms with E-state index in [4.69, 9.17) is 9.98 Å². The van der Waals surface area contributed by atoms with E-state index in [0.717, 1.165) is 72.3 Å². The first-order chi connectivity index (χ1) is 28.7. The van der Waals surface area contributed by atoms with E-state index in [9.17, 15) is 0 Å². The van der Waals surface area contributed by atoms with Gasteiger partial charge in [0, 0.05) is 49.3 Å². The first-order valence-electron chi connectivity index (χ1n) is 19.5. The Balaban J connectivity index is 1.07. The first-order valence-corrected chi connectivity index (χ1v) is 20.3. The number of fused-ring (bicyclic) bond motifs is 8. The molecule has 1 atom stereocenters. The van der Waals surface area contributed by atoms with Crippen LogP contribution in [0.2, 0.25) is 0 Å². The minimum Gasteiger partial charge on any atom is -0.344 e. The largest absolute Gasteiger partial charge is 0.344 e. The number of hydrogen-bond acceptors (Lipinski definition) is 6. The Morgan fingerprint density at radius 3 is 1.81 bits per heavy atom. The van der Waals surface area contributed by atoms with Crippen LogP contribution in [0.1, 0.15) is 11.1 Å². The number of amidine groups is 2. The molecule has 0 radical (unpaired) electrons. The molecule has 0 fully saturated rings. The second kappa shape index (κ2) is 13.1. The molecule has 5 nitrogen and oxygen atoms in total. The van der Waals surface area contributed by atoms with Crippen LogP contribution in [0.4, 0.5) is 11.4 Å². The summed E-state index contributed by atoms with van der Waals surface area (Å²) in [6, 6.07) is 63.1. The van der Waals surface area contributed by atoms with Crippen LogP contribution in [0.3, 0.4) is 0 Å². The third-order valence-electron chi connectivity index (χ3n) is 11.5. The lowest BCUT2D eigenvalue weighted by molar-refractivity contribution is 0.808. The van der Waals surface area contributed by atoms with Crippen LogP contribution in [0, 0.1) is 0 Å². The van der Waals surface area contributed by atoms with E-state index in [0.29, 0.717) is 5.84 Å². The zero-order valence-corrected chi connectivity index (χ0v) is 32.0. The van der Waals surface area contributed by atoms with Gasteiger partial charge >= 0.3 is 0 Å². The highest BCUT2D eigenvalue weighted by Gasteiger charge is 2.38. The van der Waals surface area contributed by atoms with E-state index in [1.807, 2.05) is 23.7 Å². The third kappa shape index (κ3) is 5.26. The fraction of sp³-hybridized carbons (Fsp3) is 0.0192. The summed E-state index contributed by atoms with van der Waals surface area (Å²) in [4.78, 5) is 17.5. The van der Waals surface area contributed by atoms with E-state index >= 15 is 0 Å². The monoisotopic (exact) mass is 759 g/mol. The molecule has 1 unspecified atom stereocenters. The number of pyridine rings is 1. The lowest BCUT2D eigenvalue weighted by atomic mass is 9.95. The Morgan fingerprint density at radius 1 is 0.466 bits per heavy atom. The van der Waals surface area contributed by atoms with Gasteiger partial charge < -0.3 is 5.32 Å². The fourth-order valence-electron chi connectivity index (χ4n) is 8.77. The molecule has 2 aromatic heterocycles. The lowest BCUT2D eigenvalue weighted by Gasteiger charge is -2.30. The van der Waals surface area contributed by atoms with Gasteiger partial charge in [-0.15, -0.1) is 11.3 Å². The summed E-state index contributed by atoms with van der Waals surface area (Å²) in [5.41, 5.74) is 11.1. The van der Waals surface area contributed by atoms with Gasteiger partial charge in [-0.05, 0) is 97.9 Å². The minimum absolute atomic E-state index is 0.414. The van der Waals surface area contributed by atoms with E-state index in [-0.39, 0.29) is 0 Å². The summed E-state index contributed by atoms with van der Waals surface area (Å²) in [5.74, 6) is 1.58. The van der Waals surface area contributed by atoms with Crippen molar-refractivity contribution in [2.45, 2.75) is 6.29 Å². The van der Waals surface area contributed by atoms with Crippen LogP contribution >= 0.6 is 11.3 Å².